The van der Waals surface area contributed by atoms with Crippen molar-refractivity contribution in [3.8, 4) is 0 Å². The van der Waals surface area contributed by atoms with Crippen molar-refractivity contribution < 1.29 is 0 Å². The van der Waals surface area contributed by atoms with Crippen LogP contribution in [-0.2, 0) is 0 Å². The molecule has 0 atom stereocenters. The molecule has 2 aliphatic rings. The molecule has 0 aromatic rings. The Bertz CT molecular complexity index is 176. The standard InChI is InChI=1S/C12H23N/c1-11(6-4-3-5-7-11)10-12(13-2)8-9-12/h13H,3-10H2,1-2H3. The lowest BCUT2D eigenvalue weighted by molar-refractivity contribution is 0.170. The zero-order valence-electron chi connectivity index (χ0n) is 9.16. The molecule has 1 nitrogen and oxygen atoms in total. The van der Waals surface area contributed by atoms with Crippen molar-refractivity contribution in [2.24, 2.45) is 5.41 Å². The molecule has 0 radical (unpaired) electrons. The van der Waals surface area contributed by atoms with E-state index < -0.39 is 0 Å². The second kappa shape index (κ2) is 3.27. The molecule has 13 heavy (non-hydrogen) atoms. The van der Waals surface area contributed by atoms with E-state index in [0.717, 1.165) is 0 Å². The van der Waals surface area contributed by atoms with Gasteiger partial charge in [0.1, 0.15) is 0 Å². The van der Waals surface area contributed by atoms with Crippen LogP contribution in [0.15, 0.2) is 0 Å². The molecule has 76 valence electrons. The monoisotopic (exact) mass is 181 g/mol. The fourth-order valence-corrected chi connectivity index (χ4v) is 3.07. The molecule has 0 aliphatic heterocycles. The van der Waals surface area contributed by atoms with Crippen LogP contribution in [0.1, 0.15) is 58.3 Å². The van der Waals surface area contributed by atoms with Crippen molar-refractivity contribution in [2.75, 3.05) is 7.05 Å². The predicted octanol–water partition coefficient (Wildman–Crippen LogP) is 3.10. The van der Waals surface area contributed by atoms with Crippen LogP contribution in [0.3, 0.4) is 0 Å². The van der Waals surface area contributed by atoms with E-state index >= 15 is 0 Å². The summed E-state index contributed by atoms with van der Waals surface area (Å²) >= 11 is 0. The Morgan fingerprint density at radius 2 is 1.62 bits per heavy atom. The molecule has 2 aliphatic carbocycles. The zero-order chi connectivity index (χ0) is 9.36. The fourth-order valence-electron chi connectivity index (χ4n) is 3.07. The Hall–Kier alpha value is -0.0400. The predicted molar refractivity (Wildman–Crippen MR) is 56.8 cm³/mol. The van der Waals surface area contributed by atoms with Crippen molar-refractivity contribution in [3.05, 3.63) is 0 Å². The third-order valence-electron chi connectivity index (χ3n) is 4.21. The molecule has 0 aromatic heterocycles. The van der Waals surface area contributed by atoms with Gasteiger partial charge in [0.15, 0.2) is 0 Å². The summed E-state index contributed by atoms with van der Waals surface area (Å²) in [5.74, 6) is 0. The first-order valence-electron chi connectivity index (χ1n) is 5.87. The van der Waals surface area contributed by atoms with Gasteiger partial charge >= 0.3 is 0 Å². The van der Waals surface area contributed by atoms with E-state index in [1.807, 2.05) is 0 Å². The van der Waals surface area contributed by atoms with Gasteiger partial charge in [0, 0.05) is 5.54 Å². The minimum atomic E-state index is 0.562. The summed E-state index contributed by atoms with van der Waals surface area (Å²) in [5.41, 5.74) is 1.23. The van der Waals surface area contributed by atoms with Gasteiger partial charge in [-0.1, -0.05) is 26.2 Å². The quantitative estimate of drug-likeness (QED) is 0.705. The number of nitrogens with one attached hydrogen (secondary N) is 1. The van der Waals surface area contributed by atoms with Crippen LogP contribution in [0.4, 0.5) is 0 Å². The lowest BCUT2D eigenvalue weighted by Crippen LogP contribution is -2.35. The average molecular weight is 181 g/mol. The zero-order valence-corrected chi connectivity index (χ0v) is 9.16. The smallest absolute Gasteiger partial charge is 0.0185 e. The molecule has 0 bridgehead atoms. The van der Waals surface area contributed by atoms with Crippen molar-refractivity contribution >= 4 is 0 Å². The maximum Gasteiger partial charge on any atom is 0.0185 e. The summed E-state index contributed by atoms with van der Waals surface area (Å²) in [6.45, 7) is 2.50. The van der Waals surface area contributed by atoms with E-state index in [-0.39, 0.29) is 0 Å². The van der Waals surface area contributed by atoms with Crippen LogP contribution < -0.4 is 5.32 Å². The van der Waals surface area contributed by atoms with Crippen LogP contribution in [0.2, 0.25) is 0 Å². The second-order valence-electron chi connectivity index (χ2n) is 5.58. The van der Waals surface area contributed by atoms with Crippen LogP contribution in [-0.4, -0.2) is 12.6 Å². The van der Waals surface area contributed by atoms with E-state index in [2.05, 4.69) is 19.3 Å². The van der Waals surface area contributed by atoms with Gasteiger partial charge in [-0.25, -0.2) is 0 Å². The summed E-state index contributed by atoms with van der Waals surface area (Å²) in [7, 11) is 2.14. The topological polar surface area (TPSA) is 12.0 Å². The van der Waals surface area contributed by atoms with Gasteiger partial charge in [0.05, 0.1) is 0 Å². The molecule has 2 saturated carbocycles. The van der Waals surface area contributed by atoms with Crippen molar-refractivity contribution in [2.45, 2.75) is 63.8 Å². The Balaban J connectivity index is 1.91. The minimum Gasteiger partial charge on any atom is -0.314 e. The summed E-state index contributed by atoms with van der Waals surface area (Å²) in [5, 5.41) is 3.52. The first-order valence-corrected chi connectivity index (χ1v) is 5.87. The highest BCUT2D eigenvalue weighted by Gasteiger charge is 2.46. The maximum atomic E-state index is 3.52. The van der Waals surface area contributed by atoms with Crippen LogP contribution in [0.5, 0.6) is 0 Å². The highest BCUT2D eigenvalue weighted by molar-refractivity contribution is 5.04. The molecule has 0 spiro atoms. The van der Waals surface area contributed by atoms with Crippen molar-refractivity contribution in [3.63, 3.8) is 0 Å². The van der Waals surface area contributed by atoms with Gasteiger partial charge in [-0.15, -0.1) is 0 Å². The molecule has 0 heterocycles. The number of hydrogen-bond donors (Lipinski definition) is 1. The molecule has 0 saturated heterocycles. The van der Waals surface area contributed by atoms with Crippen LogP contribution in [0, 0.1) is 5.41 Å². The van der Waals surface area contributed by atoms with Crippen LogP contribution in [0.25, 0.3) is 0 Å². The lowest BCUT2D eigenvalue weighted by Gasteiger charge is -2.37. The van der Waals surface area contributed by atoms with Gasteiger partial charge in [-0.2, -0.15) is 0 Å². The van der Waals surface area contributed by atoms with Crippen LogP contribution >= 0.6 is 0 Å². The Morgan fingerprint density at radius 3 is 2.08 bits per heavy atom. The van der Waals surface area contributed by atoms with Gasteiger partial charge < -0.3 is 5.32 Å². The second-order valence-corrected chi connectivity index (χ2v) is 5.58. The molecule has 0 amide bonds. The molecule has 2 fully saturated rings. The molecule has 1 N–H and O–H groups in total. The summed E-state index contributed by atoms with van der Waals surface area (Å²) < 4.78 is 0. The van der Waals surface area contributed by atoms with Gasteiger partial charge in [-0.3, -0.25) is 0 Å². The molecule has 0 aromatic carbocycles. The highest BCUT2D eigenvalue weighted by Crippen LogP contribution is 2.49. The first-order chi connectivity index (χ1) is 6.18. The number of hydrogen-bond acceptors (Lipinski definition) is 1. The Kier molecular flexibility index (Phi) is 2.39. The summed E-state index contributed by atoms with van der Waals surface area (Å²) in [4.78, 5) is 0. The SMILES string of the molecule is CNC1(CC2(C)CCCCC2)CC1. The normalized spacial score (nSPS) is 30.0. The molecular weight excluding hydrogens is 158 g/mol. The summed E-state index contributed by atoms with van der Waals surface area (Å²) in [6, 6.07) is 0. The Morgan fingerprint density at radius 1 is 1.00 bits per heavy atom. The van der Waals surface area contributed by atoms with Crippen molar-refractivity contribution in [1.82, 2.24) is 5.32 Å². The third kappa shape index (κ3) is 2.07. The van der Waals surface area contributed by atoms with Gasteiger partial charge in [0.25, 0.3) is 0 Å². The Labute approximate surface area is 82.3 Å². The fraction of sp³-hybridized carbons (Fsp3) is 1.00. The third-order valence-corrected chi connectivity index (χ3v) is 4.21. The molecule has 1 heteroatoms. The number of rotatable bonds is 3. The largest absolute Gasteiger partial charge is 0.314 e. The highest BCUT2D eigenvalue weighted by atomic mass is 15.0. The molecule has 0 unspecified atom stereocenters. The van der Waals surface area contributed by atoms with Gasteiger partial charge in [0.2, 0.25) is 0 Å². The lowest BCUT2D eigenvalue weighted by atomic mass is 9.71. The average Bonchev–Trinajstić information content (AvgIpc) is 2.86. The van der Waals surface area contributed by atoms with E-state index in [9.17, 15) is 0 Å². The van der Waals surface area contributed by atoms with Gasteiger partial charge in [-0.05, 0) is 44.6 Å². The molecule has 2 rings (SSSR count). The van der Waals surface area contributed by atoms with E-state index in [1.54, 1.807) is 0 Å². The maximum absolute atomic E-state index is 3.52. The van der Waals surface area contributed by atoms with E-state index in [4.69, 9.17) is 0 Å². The first kappa shape index (κ1) is 9.51. The summed E-state index contributed by atoms with van der Waals surface area (Å²) in [6.07, 6.45) is 11.6. The van der Waals surface area contributed by atoms with Crippen molar-refractivity contribution in [1.29, 1.82) is 0 Å². The van der Waals surface area contributed by atoms with E-state index in [0.29, 0.717) is 11.0 Å². The minimum absolute atomic E-state index is 0.562. The van der Waals surface area contributed by atoms with E-state index in [1.165, 1.54) is 51.4 Å². The molecular formula is C12H23N.